The molecule has 8 heteroatoms. The lowest BCUT2D eigenvalue weighted by Gasteiger charge is -2.31. The van der Waals surface area contributed by atoms with Crippen molar-refractivity contribution >= 4 is 29.5 Å². The molecule has 0 saturated heterocycles. The summed E-state index contributed by atoms with van der Waals surface area (Å²) < 4.78 is 4.77. The van der Waals surface area contributed by atoms with Crippen LogP contribution < -0.4 is 11.1 Å². The van der Waals surface area contributed by atoms with E-state index in [9.17, 15) is 19.6 Å². The number of methoxy groups -OCH3 is 1. The zero-order chi connectivity index (χ0) is 18.6. The van der Waals surface area contributed by atoms with Crippen molar-refractivity contribution in [3.05, 3.63) is 46.0 Å². The van der Waals surface area contributed by atoms with Crippen LogP contribution in [0.2, 0.25) is 0 Å². The molecular formula is C17H17N3O4S. The van der Waals surface area contributed by atoms with Crippen molar-refractivity contribution in [2.45, 2.75) is 12.8 Å². The normalized spacial score (nSPS) is 19.8. The third-order valence-electron chi connectivity index (χ3n) is 3.87. The van der Waals surface area contributed by atoms with Crippen LogP contribution in [0, 0.1) is 24.2 Å². The molecule has 0 aromatic heterocycles. The maximum atomic E-state index is 12.5. The number of hydrogen-bond donors (Lipinski definition) is 2. The molecule has 1 aliphatic rings. The predicted octanol–water partition coefficient (Wildman–Crippen LogP) is 0.951. The van der Waals surface area contributed by atoms with Gasteiger partial charge in [-0.2, -0.15) is 5.26 Å². The quantitative estimate of drug-likeness (QED) is 0.596. The highest BCUT2D eigenvalue weighted by Crippen LogP contribution is 2.41. The van der Waals surface area contributed by atoms with Crippen molar-refractivity contribution in [3.8, 4) is 6.07 Å². The maximum absolute atomic E-state index is 12.5. The number of primary amides is 1. The Morgan fingerprint density at radius 2 is 2.08 bits per heavy atom. The number of rotatable bonds is 5. The number of ether oxygens (including phenoxy) is 1. The van der Waals surface area contributed by atoms with Crippen molar-refractivity contribution in [1.82, 2.24) is 5.32 Å². The summed E-state index contributed by atoms with van der Waals surface area (Å²) in [6.07, 6.45) is 0. The standard InChI is InChI=1S/C17H17N3O4S/c1-9-5-3-4-6-10(9)13-11(7-18)16(25-8-12(19)21)20-15(22)14(13)17(23)24-2/h3-6,13-14H,8H2,1-2H3,(H2,19,21)(H,20,22)/t13-,14-/m0/s1. The number of benzene rings is 1. The van der Waals surface area contributed by atoms with Crippen LogP contribution in [-0.2, 0) is 19.1 Å². The summed E-state index contributed by atoms with van der Waals surface area (Å²) in [6, 6.07) is 9.27. The fourth-order valence-corrected chi connectivity index (χ4v) is 3.52. The second-order valence-electron chi connectivity index (χ2n) is 5.43. The molecule has 2 atom stereocenters. The van der Waals surface area contributed by atoms with E-state index in [4.69, 9.17) is 10.5 Å². The topological polar surface area (TPSA) is 122 Å². The Morgan fingerprint density at radius 1 is 1.40 bits per heavy atom. The first kappa shape index (κ1) is 18.5. The Balaban J connectivity index is 2.62. The Kier molecular flexibility index (Phi) is 5.83. The van der Waals surface area contributed by atoms with Gasteiger partial charge in [-0.3, -0.25) is 14.4 Å². The number of nitrogens with zero attached hydrogens (tertiary/aromatic N) is 1. The van der Waals surface area contributed by atoms with E-state index in [0.717, 1.165) is 17.3 Å². The number of hydrogen-bond acceptors (Lipinski definition) is 6. The van der Waals surface area contributed by atoms with Crippen LogP contribution in [0.25, 0.3) is 0 Å². The second-order valence-corrected chi connectivity index (χ2v) is 6.42. The number of carbonyl (C=O) groups is 3. The number of nitrogens with one attached hydrogen (secondary N) is 1. The van der Waals surface area contributed by atoms with Crippen molar-refractivity contribution in [2.75, 3.05) is 12.9 Å². The minimum absolute atomic E-state index is 0.0931. The van der Waals surface area contributed by atoms with E-state index in [-0.39, 0.29) is 16.4 Å². The first-order valence-corrected chi connectivity index (χ1v) is 8.38. The van der Waals surface area contributed by atoms with E-state index in [1.807, 2.05) is 19.1 Å². The average Bonchev–Trinajstić information content (AvgIpc) is 2.59. The van der Waals surface area contributed by atoms with Crippen molar-refractivity contribution in [1.29, 1.82) is 5.26 Å². The molecular weight excluding hydrogens is 342 g/mol. The lowest BCUT2D eigenvalue weighted by Crippen LogP contribution is -2.44. The Bertz CT molecular complexity index is 797. The van der Waals surface area contributed by atoms with Gasteiger partial charge in [0, 0.05) is 5.92 Å². The second kappa shape index (κ2) is 7.85. The highest BCUT2D eigenvalue weighted by molar-refractivity contribution is 8.03. The van der Waals surface area contributed by atoms with Gasteiger partial charge in [0.25, 0.3) is 0 Å². The van der Waals surface area contributed by atoms with Crippen LogP contribution in [0.1, 0.15) is 17.0 Å². The third-order valence-corrected chi connectivity index (χ3v) is 4.91. The van der Waals surface area contributed by atoms with E-state index in [1.165, 1.54) is 7.11 Å². The van der Waals surface area contributed by atoms with E-state index >= 15 is 0 Å². The Hall–Kier alpha value is -2.79. The monoisotopic (exact) mass is 359 g/mol. The van der Waals surface area contributed by atoms with E-state index in [1.54, 1.807) is 12.1 Å². The summed E-state index contributed by atoms with van der Waals surface area (Å²) in [6.45, 7) is 1.83. The molecule has 2 rings (SSSR count). The molecule has 0 saturated carbocycles. The van der Waals surface area contributed by atoms with Crippen LogP contribution in [-0.4, -0.2) is 30.6 Å². The zero-order valence-corrected chi connectivity index (χ0v) is 14.6. The highest BCUT2D eigenvalue weighted by atomic mass is 32.2. The molecule has 1 heterocycles. The summed E-state index contributed by atoms with van der Waals surface area (Å²) in [5.74, 6) is -3.94. The highest BCUT2D eigenvalue weighted by Gasteiger charge is 2.44. The van der Waals surface area contributed by atoms with Gasteiger partial charge >= 0.3 is 5.97 Å². The van der Waals surface area contributed by atoms with Gasteiger partial charge in [-0.1, -0.05) is 36.0 Å². The van der Waals surface area contributed by atoms with Crippen molar-refractivity contribution in [3.63, 3.8) is 0 Å². The maximum Gasteiger partial charge on any atom is 0.319 e. The van der Waals surface area contributed by atoms with Crippen molar-refractivity contribution < 1.29 is 19.1 Å². The van der Waals surface area contributed by atoms with E-state index in [2.05, 4.69) is 11.4 Å². The molecule has 25 heavy (non-hydrogen) atoms. The summed E-state index contributed by atoms with van der Waals surface area (Å²) >= 11 is 0.966. The molecule has 2 amide bonds. The van der Waals surface area contributed by atoms with Crippen LogP contribution in [0.3, 0.4) is 0 Å². The molecule has 1 aromatic carbocycles. The molecule has 0 bridgehead atoms. The largest absolute Gasteiger partial charge is 0.468 e. The van der Waals surface area contributed by atoms with Gasteiger partial charge in [0.1, 0.15) is 5.92 Å². The molecule has 0 aliphatic carbocycles. The minimum Gasteiger partial charge on any atom is -0.468 e. The van der Waals surface area contributed by atoms with Crippen LogP contribution in [0.4, 0.5) is 0 Å². The number of amides is 2. The molecule has 0 radical (unpaired) electrons. The number of thioether (sulfide) groups is 1. The number of nitrogens with two attached hydrogens (primary N) is 1. The number of nitriles is 1. The molecule has 1 aliphatic heterocycles. The fraction of sp³-hybridized carbons (Fsp3) is 0.294. The van der Waals surface area contributed by atoms with E-state index < -0.39 is 29.6 Å². The summed E-state index contributed by atoms with van der Waals surface area (Å²) in [5, 5.41) is 12.4. The lowest BCUT2D eigenvalue weighted by atomic mass is 9.77. The Labute approximate surface area is 149 Å². The van der Waals surface area contributed by atoms with Crippen molar-refractivity contribution in [2.24, 2.45) is 11.7 Å². The molecule has 7 nitrogen and oxygen atoms in total. The van der Waals surface area contributed by atoms with Gasteiger partial charge in [-0.25, -0.2) is 0 Å². The van der Waals surface area contributed by atoms with Gasteiger partial charge in [-0.15, -0.1) is 0 Å². The van der Waals surface area contributed by atoms with Crippen LogP contribution in [0.5, 0.6) is 0 Å². The summed E-state index contributed by atoms with van der Waals surface area (Å²) in [7, 11) is 1.19. The summed E-state index contributed by atoms with van der Waals surface area (Å²) in [5.41, 5.74) is 6.87. The fourth-order valence-electron chi connectivity index (χ4n) is 2.73. The number of allylic oxidation sites excluding steroid dienone is 1. The summed E-state index contributed by atoms with van der Waals surface area (Å²) in [4.78, 5) is 35.8. The van der Waals surface area contributed by atoms with Gasteiger partial charge in [-0.05, 0) is 18.1 Å². The first-order valence-electron chi connectivity index (χ1n) is 7.40. The van der Waals surface area contributed by atoms with Gasteiger partial charge in [0.05, 0.1) is 29.5 Å². The average molecular weight is 359 g/mol. The van der Waals surface area contributed by atoms with Crippen LogP contribution >= 0.6 is 11.8 Å². The molecule has 3 N–H and O–H groups in total. The lowest BCUT2D eigenvalue weighted by molar-refractivity contribution is -0.150. The zero-order valence-electron chi connectivity index (χ0n) is 13.7. The van der Waals surface area contributed by atoms with Gasteiger partial charge in [0.2, 0.25) is 11.8 Å². The number of carbonyl (C=O) groups excluding carboxylic acids is 3. The SMILES string of the molecule is COC(=O)[C@@H]1C(=O)NC(SCC(N)=O)=C(C#N)[C@@H]1c1ccccc1C. The molecule has 0 fully saturated rings. The Morgan fingerprint density at radius 3 is 2.64 bits per heavy atom. The van der Waals surface area contributed by atoms with Gasteiger partial charge < -0.3 is 15.8 Å². The minimum atomic E-state index is -1.18. The smallest absolute Gasteiger partial charge is 0.319 e. The molecule has 0 unspecified atom stereocenters. The van der Waals surface area contributed by atoms with Crippen LogP contribution in [0.15, 0.2) is 34.9 Å². The third kappa shape index (κ3) is 3.83. The van der Waals surface area contributed by atoms with Gasteiger partial charge in [0.15, 0.2) is 0 Å². The molecule has 130 valence electrons. The number of esters is 1. The number of aryl methyl sites for hydroxylation is 1. The molecule has 0 spiro atoms. The first-order chi connectivity index (χ1) is 11.9. The predicted molar refractivity (Wildman–Crippen MR) is 91.9 cm³/mol. The molecule has 1 aromatic rings. The van der Waals surface area contributed by atoms with E-state index in [0.29, 0.717) is 5.56 Å².